The minimum absolute atomic E-state index is 0.0542. The maximum Gasteiger partial charge on any atom is 0.303 e. The van der Waals surface area contributed by atoms with Crippen LogP contribution in [0, 0.1) is 0 Å². The first-order valence-corrected chi connectivity index (χ1v) is 11.1. The van der Waals surface area contributed by atoms with Gasteiger partial charge in [-0.05, 0) is 32.1 Å². The highest BCUT2D eigenvalue weighted by molar-refractivity contribution is 7.78. The topological polar surface area (TPSA) is 81.7 Å². The summed E-state index contributed by atoms with van der Waals surface area (Å²) in [5.41, 5.74) is 0. The van der Waals surface area contributed by atoms with Gasteiger partial charge in [-0.2, -0.15) is 0 Å². The molecular weight excluding hydrogens is 378 g/mol. The fourth-order valence-corrected chi connectivity index (χ4v) is 3.35. The third kappa shape index (κ3) is 15.8. The lowest BCUT2D eigenvalue weighted by molar-refractivity contribution is -0.166. The maximum absolute atomic E-state index is 11.5. The largest absolute Gasteiger partial charge is 0.459 e. The highest BCUT2D eigenvalue weighted by Gasteiger charge is 2.26. The molecule has 2 unspecified atom stereocenters. The van der Waals surface area contributed by atoms with Crippen LogP contribution in [0.4, 0.5) is 0 Å². The highest BCUT2D eigenvalue weighted by atomic mass is 32.1. The zero-order chi connectivity index (χ0) is 21.2. The van der Waals surface area contributed by atoms with Gasteiger partial charge in [0.1, 0.15) is 12.2 Å². The van der Waals surface area contributed by atoms with E-state index in [0.29, 0.717) is 12.8 Å². The lowest BCUT2D eigenvalue weighted by Gasteiger charge is -2.26. The van der Waals surface area contributed by atoms with E-state index in [1.807, 2.05) is 0 Å². The van der Waals surface area contributed by atoms with Gasteiger partial charge in [0.05, 0.1) is 0 Å². The minimum atomic E-state index is -0.387. The van der Waals surface area contributed by atoms with E-state index in [2.05, 4.69) is 24.5 Å². The van der Waals surface area contributed by atoms with Gasteiger partial charge in [-0.1, -0.05) is 64.7 Å². The van der Waals surface area contributed by atoms with Crippen LogP contribution in [0.1, 0.15) is 104 Å². The maximum atomic E-state index is 11.5. The number of ether oxygens (including phenoxy) is 2. The molecule has 0 rings (SSSR count). The number of amides is 1. The molecule has 0 aliphatic heterocycles. The highest BCUT2D eigenvalue weighted by Crippen LogP contribution is 2.20. The minimum Gasteiger partial charge on any atom is -0.459 e. The van der Waals surface area contributed by atoms with Gasteiger partial charge in [0.25, 0.3) is 0 Å². The first-order valence-electron chi connectivity index (χ1n) is 10.7. The third-order valence-electron chi connectivity index (χ3n) is 4.66. The van der Waals surface area contributed by atoms with Crippen molar-refractivity contribution in [3.8, 4) is 0 Å². The second-order valence-electron chi connectivity index (χ2n) is 7.34. The van der Waals surface area contributed by atoms with Gasteiger partial charge in [-0.15, -0.1) is 0 Å². The Hall–Kier alpha value is -1.24. The number of unbranched alkanes of at least 4 members (excludes halogenated alkanes) is 8. The molecule has 0 saturated carbocycles. The van der Waals surface area contributed by atoms with Crippen molar-refractivity contribution in [2.24, 2.45) is 0 Å². The molecule has 1 N–H and O–H groups in total. The first-order chi connectivity index (χ1) is 13.4. The molecule has 164 valence electrons. The normalized spacial score (nSPS) is 12.9. The SMILES string of the molecule is CCCCCCCC(OC(C)=O)C(CCCCCCCC(=O)NS)OC(C)=O. The smallest absolute Gasteiger partial charge is 0.303 e. The molecule has 7 heteroatoms. The zero-order valence-corrected chi connectivity index (χ0v) is 18.7. The molecule has 0 aromatic carbocycles. The van der Waals surface area contributed by atoms with Crippen molar-refractivity contribution in [2.75, 3.05) is 0 Å². The van der Waals surface area contributed by atoms with Crippen molar-refractivity contribution in [2.45, 2.75) is 116 Å². The molecule has 0 aliphatic rings. The van der Waals surface area contributed by atoms with E-state index in [1.54, 1.807) is 0 Å². The summed E-state index contributed by atoms with van der Waals surface area (Å²) in [6, 6.07) is 0. The lowest BCUT2D eigenvalue weighted by atomic mass is 9.99. The van der Waals surface area contributed by atoms with E-state index in [1.165, 1.54) is 33.1 Å². The van der Waals surface area contributed by atoms with Crippen molar-refractivity contribution in [1.82, 2.24) is 4.72 Å². The van der Waals surface area contributed by atoms with Crippen molar-refractivity contribution < 1.29 is 23.9 Å². The van der Waals surface area contributed by atoms with Gasteiger partial charge in [-0.25, -0.2) is 0 Å². The van der Waals surface area contributed by atoms with Gasteiger partial charge in [0.15, 0.2) is 0 Å². The van der Waals surface area contributed by atoms with Crippen LogP contribution >= 0.6 is 12.8 Å². The second-order valence-corrected chi connectivity index (χ2v) is 7.56. The molecule has 0 aromatic heterocycles. The molecule has 28 heavy (non-hydrogen) atoms. The monoisotopic (exact) mass is 417 g/mol. The van der Waals surface area contributed by atoms with Crippen LogP contribution in [0.15, 0.2) is 0 Å². The summed E-state index contributed by atoms with van der Waals surface area (Å²) >= 11 is 3.73. The number of nitrogens with one attached hydrogen (secondary N) is 1. The van der Waals surface area contributed by atoms with E-state index in [-0.39, 0.29) is 30.1 Å². The number of carbonyl (C=O) groups is 3. The van der Waals surface area contributed by atoms with E-state index in [0.717, 1.165) is 51.4 Å². The number of thiol groups is 1. The fourth-order valence-electron chi connectivity index (χ4n) is 3.23. The van der Waals surface area contributed by atoms with Crippen molar-refractivity contribution in [1.29, 1.82) is 0 Å². The van der Waals surface area contributed by atoms with Crippen LogP contribution in [0.5, 0.6) is 0 Å². The number of rotatable bonds is 17. The average Bonchev–Trinajstić information content (AvgIpc) is 2.64. The molecule has 0 bridgehead atoms. The second kappa shape index (κ2) is 17.8. The Kier molecular flexibility index (Phi) is 17.0. The van der Waals surface area contributed by atoms with Crippen LogP contribution in [0.25, 0.3) is 0 Å². The Morgan fingerprint density at radius 2 is 1.18 bits per heavy atom. The summed E-state index contributed by atoms with van der Waals surface area (Å²) in [6.45, 7) is 4.97. The molecule has 0 fully saturated rings. The van der Waals surface area contributed by atoms with Crippen LogP contribution in [0.2, 0.25) is 0 Å². The Labute approximate surface area is 176 Å². The van der Waals surface area contributed by atoms with Gasteiger partial charge >= 0.3 is 11.9 Å². The van der Waals surface area contributed by atoms with Crippen LogP contribution < -0.4 is 4.72 Å². The zero-order valence-electron chi connectivity index (χ0n) is 17.8. The third-order valence-corrected chi connectivity index (χ3v) is 4.91. The van der Waals surface area contributed by atoms with E-state index in [9.17, 15) is 14.4 Å². The molecule has 0 saturated heterocycles. The summed E-state index contributed by atoms with van der Waals surface area (Å²) < 4.78 is 13.3. The van der Waals surface area contributed by atoms with Gasteiger partial charge in [0, 0.05) is 20.3 Å². The molecular formula is C21H39NO5S. The summed E-state index contributed by atoms with van der Waals surface area (Å²) in [4.78, 5) is 34.1. The summed E-state index contributed by atoms with van der Waals surface area (Å²) in [5.74, 6) is -0.731. The van der Waals surface area contributed by atoms with Crippen molar-refractivity contribution in [3.05, 3.63) is 0 Å². The van der Waals surface area contributed by atoms with E-state index in [4.69, 9.17) is 9.47 Å². The molecule has 0 spiro atoms. The first kappa shape index (κ1) is 26.8. The van der Waals surface area contributed by atoms with E-state index < -0.39 is 0 Å². The average molecular weight is 418 g/mol. The molecule has 0 aliphatic carbocycles. The van der Waals surface area contributed by atoms with Gasteiger partial charge < -0.3 is 14.2 Å². The van der Waals surface area contributed by atoms with Crippen LogP contribution in [-0.2, 0) is 23.9 Å². The molecule has 1 amide bonds. The van der Waals surface area contributed by atoms with Crippen molar-refractivity contribution >= 4 is 30.7 Å². The molecule has 0 radical (unpaired) electrons. The summed E-state index contributed by atoms with van der Waals surface area (Å²) in [7, 11) is 0. The Balaban J connectivity index is 4.38. The summed E-state index contributed by atoms with van der Waals surface area (Å²) in [6.07, 6.45) is 11.5. The predicted octanol–water partition coefficient (Wildman–Crippen LogP) is 4.90. The van der Waals surface area contributed by atoms with Gasteiger partial charge in [-0.3, -0.25) is 14.4 Å². The fraction of sp³-hybridized carbons (Fsp3) is 0.857. The summed E-state index contributed by atoms with van der Waals surface area (Å²) in [5, 5.41) is 0. The number of hydrogen-bond acceptors (Lipinski definition) is 6. The van der Waals surface area contributed by atoms with E-state index >= 15 is 0 Å². The number of hydrogen-bond donors (Lipinski definition) is 2. The standard InChI is InChI=1S/C21H39NO5S/c1-4-5-6-8-11-14-19(26-17(2)23)20(27-18(3)24)15-12-9-7-10-13-16-21(25)22-28/h19-20,28H,4-16H2,1-3H3,(H,22,25). The molecule has 6 nitrogen and oxygen atoms in total. The van der Waals surface area contributed by atoms with Crippen LogP contribution in [-0.4, -0.2) is 30.1 Å². The Morgan fingerprint density at radius 1 is 0.750 bits per heavy atom. The predicted molar refractivity (Wildman–Crippen MR) is 114 cm³/mol. The quantitative estimate of drug-likeness (QED) is 0.200. The van der Waals surface area contributed by atoms with Crippen molar-refractivity contribution in [3.63, 3.8) is 0 Å². The lowest BCUT2D eigenvalue weighted by Crippen LogP contribution is -2.34. The Bertz CT molecular complexity index is 445. The molecule has 0 heterocycles. The Morgan fingerprint density at radius 3 is 1.61 bits per heavy atom. The molecule has 2 atom stereocenters. The molecule has 0 aromatic rings. The number of carbonyl (C=O) groups excluding carboxylic acids is 3. The number of esters is 2. The van der Waals surface area contributed by atoms with Crippen LogP contribution in [0.3, 0.4) is 0 Å². The van der Waals surface area contributed by atoms with Gasteiger partial charge in [0.2, 0.25) is 5.91 Å².